The zero-order chi connectivity index (χ0) is 19.9. The third-order valence-electron chi connectivity index (χ3n) is 4.86. The van der Waals surface area contributed by atoms with Crippen molar-refractivity contribution in [3.8, 4) is 0 Å². The second kappa shape index (κ2) is 9.71. The Labute approximate surface area is 162 Å². The maximum atomic E-state index is 13.7. The molecule has 1 amide bonds. The summed E-state index contributed by atoms with van der Waals surface area (Å²) in [7, 11) is 0. The van der Waals surface area contributed by atoms with E-state index < -0.39 is 11.6 Å². The largest absolute Gasteiger partial charge is 0.379 e. The van der Waals surface area contributed by atoms with E-state index in [4.69, 9.17) is 4.74 Å². The summed E-state index contributed by atoms with van der Waals surface area (Å²) >= 11 is 0. The molecule has 4 nitrogen and oxygen atoms in total. The molecule has 28 heavy (non-hydrogen) atoms. The van der Waals surface area contributed by atoms with E-state index in [0.717, 1.165) is 23.8 Å². The van der Waals surface area contributed by atoms with Crippen molar-refractivity contribution in [2.45, 2.75) is 18.9 Å². The van der Waals surface area contributed by atoms with Crippen molar-refractivity contribution in [3.63, 3.8) is 0 Å². The molecule has 0 aliphatic carbocycles. The average Bonchev–Trinajstić information content (AvgIpc) is 2.71. The van der Waals surface area contributed by atoms with Crippen LogP contribution in [-0.2, 0) is 16.0 Å². The smallest absolute Gasteiger partial charge is 0.220 e. The molecule has 1 atom stereocenters. The molecule has 0 spiro atoms. The molecule has 7 heteroatoms. The second-order valence-corrected chi connectivity index (χ2v) is 6.76. The van der Waals surface area contributed by atoms with E-state index in [1.165, 1.54) is 12.1 Å². The summed E-state index contributed by atoms with van der Waals surface area (Å²) in [5, 5.41) is 2.87. The van der Waals surface area contributed by atoms with Gasteiger partial charge in [-0.3, -0.25) is 9.69 Å². The lowest BCUT2D eigenvalue weighted by Gasteiger charge is -2.35. The van der Waals surface area contributed by atoms with Crippen LogP contribution < -0.4 is 5.32 Å². The Morgan fingerprint density at radius 1 is 1.04 bits per heavy atom. The Morgan fingerprint density at radius 2 is 1.71 bits per heavy atom. The fourth-order valence-corrected chi connectivity index (χ4v) is 3.31. The topological polar surface area (TPSA) is 41.6 Å². The Morgan fingerprint density at radius 3 is 2.43 bits per heavy atom. The molecule has 0 saturated carbocycles. The van der Waals surface area contributed by atoms with Crippen molar-refractivity contribution in [2.24, 2.45) is 0 Å². The van der Waals surface area contributed by atoms with Crippen molar-refractivity contribution in [2.75, 3.05) is 32.8 Å². The van der Waals surface area contributed by atoms with Crippen molar-refractivity contribution in [1.82, 2.24) is 10.2 Å². The van der Waals surface area contributed by atoms with Gasteiger partial charge in [0.05, 0.1) is 19.3 Å². The zero-order valence-electron chi connectivity index (χ0n) is 15.5. The van der Waals surface area contributed by atoms with E-state index in [2.05, 4.69) is 10.2 Å². The van der Waals surface area contributed by atoms with Crippen LogP contribution in [0.2, 0.25) is 0 Å². The van der Waals surface area contributed by atoms with Crippen LogP contribution in [0.1, 0.15) is 23.6 Å². The molecule has 1 saturated heterocycles. The van der Waals surface area contributed by atoms with E-state index >= 15 is 0 Å². The number of ether oxygens (including phenoxy) is 1. The van der Waals surface area contributed by atoms with Crippen LogP contribution in [0.5, 0.6) is 0 Å². The van der Waals surface area contributed by atoms with Crippen LogP contribution in [0, 0.1) is 17.5 Å². The van der Waals surface area contributed by atoms with E-state index in [-0.39, 0.29) is 36.2 Å². The fraction of sp³-hybridized carbons (Fsp3) is 0.381. The van der Waals surface area contributed by atoms with Gasteiger partial charge in [0, 0.05) is 26.1 Å². The number of carbonyl (C=O) groups is 1. The first-order valence-corrected chi connectivity index (χ1v) is 9.31. The predicted octanol–water partition coefficient (Wildman–Crippen LogP) is 3.23. The molecule has 0 bridgehead atoms. The van der Waals surface area contributed by atoms with Gasteiger partial charge in [-0.25, -0.2) is 13.2 Å². The van der Waals surface area contributed by atoms with Crippen LogP contribution in [-0.4, -0.2) is 43.7 Å². The third kappa shape index (κ3) is 5.56. The number of carbonyl (C=O) groups excluding carboxylic acids is 1. The SMILES string of the molecule is O=C(CCc1cc(F)ccc1F)NCC(c1ccc(F)cc1)N1CCOCC1. The first-order chi connectivity index (χ1) is 13.5. The van der Waals surface area contributed by atoms with Gasteiger partial charge in [-0.2, -0.15) is 0 Å². The van der Waals surface area contributed by atoms with Gasteiger partial charge in [-0.05, 0) is 47.9 Å². The number of morpholine rings is 1. The number of hydrogen-bond acceptors (Lipinski definition) is 3. The maximum absolute atomic E-state index is 13.7. The molecular weight excluding hydrogens is 369 g/mol. The molecule has 1 unspecified atom stereocenters. The highest BCUT2D eigenvalue weighted by Gasteiger charge is 2.23. The van der Waals surface area contributed by atoms with Crippen molar-refractivity contribution in [1.29, 1.82) is 0 Å². The maximum Gasteiger partial charge on any atom is 0.220 e. The highest BCUT2D eigenvalue weighted by Crippen LogP contribution is 2.22. The van der Waals surface area contributed by atoms with Gasteiger partial charge < -0.3 is 10.1 Å². The molecule has 150 valence electrons. The Kier molecular flexibility index (Phi) is 7.06. The number of nitrogens with zero attached hydrogens (tertiary/aromatic N) is 1. The van der Waals surface area contributed by atoms with Crippen LogP contribution in [0.4, 0.5) is 13.2 Å². The lowest BCUT2D eigenvalue weighted by Crippen LogP contribution is -2.43. The highest BCUT2D eigenvalue weighted by atomic mass is 19.1. The van der Waals surface area contributed by atoms with Crippen LogP contribution in [0.3, 0.4) is 0 Å². The van der Waals surface area contributed by atoms with E-state index in [1.54, 1.807) is 12.1 Å². The summed E-state index contributed by atoms with van der Waals surface area (Å²) < 4.78 is 45.6. The van der Waals surface area contributed by atoms with Crippen LogP contribution >= 0.6 is 0 Å². The van der Waals surface area contributed by atoms with E-state index in [0.29, 0.717) is 32.8 Å². The van der Waals surface area contributed by atoms with Gasteiger partial charge in [-0.15, -0.1) is 0 Å². The monoisotopic (exact) mass is 392 g/mol. The number of halogens is 3. The van der Waals surface area contributed by atoms with Gasteiger partial charge >= 0.3 is 0 Å². The molecule has 1 fully saturated rings. The number of benzene rings is 2. The zero-order valence-corrected chi connectivity index (χ0v) is 15.5. The Hall–Kier alpha value is -2.38. The molecule has 3 rings (SSSR count). The molecule has 1 aliphatic heterocycles. The molecular formula is C21H23F3N2O2. The van der Waals surface area contributed by atoms with Crippen molar-refractivity contribution in [3.05, 3.63) is 71.0 Å². The summed E-state index contributed by atoms with van der Waals surface area (Å²) in [5.74, 6) is -1.61. The average molecular weight is 392 g/mol. The van der Waals surface area contributed by atoms with Crippen LogP contribution in [0.25, 0.3) is 0 Å². The molecule has 1 N–H and O–H groups in total. The van der Waals surface area contributed by atoms with Gasteiger partial charge in [0.15, 0.2) is 0 Å². The highest BCUT2D eigenvalue weighted by molar-refractivity contribution is 5.76. The summed E-state index contributed by atoms with van der Waals surface area (Å²) in [6.07, 6.45) is 0.174. The first kappa shape index (κ1) is 20.4. The molecule has 1 aliphatic rings. The van der Waals surface area contributed by atoms with Crippen molar-refractivity contribution >= 4 is 5.91 Å². The van der Waals surface area contributed by atoms with Gasteiger partial charge in [0.25, 0.3) is 0 Å². The number of hydrogen-bond donors (Lipinski definition) is 1. The molecule has 2 aromatic carbocycles. The number of nitrogens with one attached hydrogen (secondary N) is 1. The second-order valence-electron chi connectivity index (χ2n) is 6.76. The standard InChI is InChI=1S/C21H23F3N2O2/c22-17-4-1-15(2-5-17)20(26-9-11-28-12-10-26)14-25-21(27)8-3-16-13-18(23)6-7-19(16)24/h1-2,4-7,13,20H,3,8-12,14H2,(H,25,27). The Balaban J connectivity index is 1.59. The lowest BCUT2D eigenvalue weighted by molar-refractivity contribution is -0.121. The molecule has 0 radical (unpaired) electrons. The minimum absolute atomic E-state index is 0.0552. The van der Waals surface area contributed by atoms with Gasteiger partial charge in [-0.1, -0.05) is 12.1 Å². The predicted molar refractivity (Wildman–Crippen MR) is 99.2 cm³/mol. The van der Waals surface area contributed by atoms with E-state index in [1.807, 2.05) is 0 Å². The lowest BCUT2D eigenvalue weighted by atomic mass is 10.0. The Bertz CT molecular complexity index is 793. The molecule has 0 aromatic heterocycles. The van der Waals surface area contributed by atoms with Gasteiger partial charge in [0.2, 0.25) is 5.91 Å². The summed E-state index contributed by atoms with van der Waals surface area (Å²) in [4.78, 5) is 14.4. The third-order valence-corrected chi connectivity index (χ3v) is 4.86. The first-order valence-electron chi connectivity index (χ1n) is 9.31. The van der Waals surface area contributed by atoms with Crippen LogP contribution in [0.15, 0.2) is 42.5 Å². The van der Waals surface area contributed by atoms with Gasteiger partial charge in [0.1, 0.15) is 17.5 Å². The molecule has 1 heterocycles. The summed E-state index contributed by atoms with van der Waals surface area (Å²) in [5.41, 5.74) is 1.08. The minimum Gasteiger partial charge on any atom is -0.379 e. The minimum atomic E-state index is -0.527. The summed E-state index contributed by atoms with van der Waals surface area (Å²) in [6.45, 7) is 2.98. The quantitative estimate of drug-likeness (QED) is 0.787. The molecule has 2 aromatic rings. The normalized spacial score (nSPS) is 16.0. The number of amides is 1. The fourth-order valence-electron chi connectivity index (χ4n) is 3.31. The number of aryl methyl sites for hydroxylation is 1. The number of rotatable bonds is 7. The van der Waals surface area contributed by atoms with Crippen molar-refractivity contribution < 1.29 is 22.7 Å². The summed E-state index contributed by atoms with van der Waals surface area (Å²) in [6, 6.07) is 9.33. The van der Waals surface area contributed by atoms with E-state index in [9.17, 15) is 18.0 Å².